The van der Waals surface area contributed by atoms with E-state index in [1.54, 1.807) is 13.8 Å². The van der Waals surface area contributed by atoms with Crippen molar-refractivity contribution in [2.45, 2.75) is 100 Å². The van der Waals surface area contributed by atoms with Gasteiger partial charge in [0, 0.05) is 19.4 Å². The Morgan fingerprint density at radius 1 is 0.912 bits per heavy atom. The Morgan fingerprint density at radius 2 is 1.41 bits per heavy atom. The number of unbranched alkanes of at least 4 members (excludes halogenated alkanes) is 2. The smallest absolute Gasteiger partial charge is 0.333 e. The Bertz CT molecular complexity index is 626. The van der Waals surface area contributed by atoms with Crippen molar-refractivity contribution >= 4 is 23.9 Å². The molecule has 0 saturated heterocycles. The van der Waals surface area contributed by atoms with Crippen molar-refractivity contribution < 1.29 is 38.1 Å². The van der Waals surface area contributed by atoms with Crippen LogP contribution in [0.15, 0.2) is 25.0 Å². The molecular weight excluding hydrogens is 440 g/mol. The summed E-state index contributed by atoms with van der Waals surface area (Å²) in [6.45, 7) is 21.7. The minimum absolute atomic E-state index is 0.197. The van der Waals surface area contributed by atoms with Crippen molar-refractivity contribution in [3.63, 3.8) is 0 Å². The summed E-state index contributed by atoms with van der Waals surface area (Å²) < 4.78 is 19.3. The molecule has 0 N–H and O–H groups in total. The number of rotatable bonds is 13. The molecule has 0 bridgehead atoms. The number of esters is 4. The molecule has 0 aromatic rings. The molecule has 0 fully saturated rings. The summed E-state index contributed by atoms with van der Waals surface area (Å²) in [7, 11) is 0. The molecule has 34 heavy (non-hydrogen) atoms. The molecule has 2 atom stereocenters. The van der Waals surface area contributed by atoms with Crippen LogP contribution in [0.25, 0.3) is 0 Å². The maximum Gasteiger partial charge on any atom is 0.333 e. The molecule has 2 unspecified atom stereocenters. The van der Waals surface area contributed by atoms with Gasteiger partial charge in [0.05, 0.1) is 24.9 Å². The molecule has 8 nitrogen and oxygen atoms in total. The van der Waals surface area contributed by atoms with Crippen molar-refractivity contribution in [2.24, 2.45) is 5.41 Å². The van der Waals surface area contributed by atoms with Crippen molar-refractivity contribution in [3.05, 3.63) is 25.0 Å². The summed E-state index contributed by atoms with van der Waals surface area (Å²) in [6.07, 6.45) is 5.85. The topological polar surface area (TPSA) is 105 Å². The third kappa shape index (κ3) is 22.6. The van der Waals surface area contributed by atoms with Gasteiger partial charge in [0.1, 0.15) is 6.10 Å². The van der Waals surface area contributed by atoms with Gasteiger partial charge in [0.2, 0.25) is 0 Å². The maximum absolute atomic E-state index is 12.0. The Kier molecular flexibility index (Phi) is 23.4. The van der Waals surface area contributed by atoms with E-state index >= 15 is 0 Å². The van der Waals surface area contributed by atoms with Crippen molar-refractivity contribution in [3.8, 4) is 0 Å². The molecule has 0 aromatic carbocycles. The lowest BCUT2D eigenvalue weighted by Gasteiger charge is -2.28. The molecule has 0 aromatic heterocycles. The second kappa shape index (κ2) is 22.2. The molecule has 0 amide bonds. The van der Waals surface area contributed by atoms with Crippen LogP contribution in [0.2, 0.25) is 0 Å². The standard InChI is InChI=1S/C14H26O4.C8H14O2.C4H6O2/c1-6-8-9-17-13(16)14(5,7-2)10-11(3)18-12(4)15;1-4-5-6-10-8(9)7(2)3;1-3-6-4(2)5/h11H,6-10H2,1-5H3;2,4-6H2,1,3H3;3H,1H2,2H3. The van der Waals surface area contributed by atoms with E-state index in [-0.39, 0.29) is 30.0 Å². The Morgan fingerprint density at radius 3 is 1.74 bits per heavy atom. The fraction of sp³-hybridized carbons (Fsp3) is 0.692. The van der Waals surface area contributed by atoms with Crippen LogP contribution in [0.3, 0.4) is 0 Å². The van der Waals surface area contributed by atoms with Crippen molar-refractivity contribution in [1.29, 1.82) is 0 Å². The third-order valence-electron chi connectivity index (χ3n) is 4.44. The van der Waals surface area contributed by atoms with Gasteiger partial charge in [-0.3, -0.25) is 14.4 Å². The van der Waals surface area contributed by atoms with E-state index in [2.05, 4.69) is 31.7 Å². The van der Waals surface area contributed by atoms with Gasteiger partial charge in [-0.05, 0) is 46.5 Å². The molecule has 0 radical (unpaired) electrons. The molecule has 0 aliphatic carbocycles. The predicted octanol–water partition coefficient (Wildman–Crippen LogP) is 5.69. The fourth-order valence-corrected chi connectivity index (χ4v) is 2.36. The highest BCUT2D eigenvalue weighted by atomic mass is 16.5. The average Bonchev–Trinajstić information content (AvgIpc) is 2.73. The highest BCUT2D eigenvalue weighted by Gasteiger charge is 2.35. The van der Waals surface area contributed by atoms with Gasteiger partial charge < -0.3 is 18.9 Å². The van der Waals surface area contributed by atoms with Crippen LogP contribution in [0.5, 0.6) is 0 Å². The molecule has 0 saturated carbocycles. The van der Waals surface area contributed by atoms with Gasteiger partial charge in [0.25, 0.3) is 0 Å². The monoisotopic (exact) mass is 486 g/mol. The van der Waals surface area contributed by atoms with E-state index in [0.717, 1.165) is 31.9 Å². The second-order valence-corrected chi connectivity index (χ2v) is 8.07. The molecule has 0 spiro atoms. The summed E-state index contributed by atoms with van der Waals surface area (Å²) in [5, 5.41) is 0. The van der Waals surface area contributed by atoms with E-state index in [1.165, 1.54) is 13.8 Å². The Labute approximate surface area is 206 Å². The van der Waals surface area contributed by atoms with E-state index in [4.69, 9.17) is 14.2 Å². The summed E-state index contributed by atoms with van der Waals surface area (Å²) in [4.78, 5) is 43.3. The summed E-state index contributed by atoms with van der Waals surface area (Å²) in [6, 6.07) is 0. The summed E-state index contributed by atoms with van der Waals surface area (Å²) in [5.74, 6) is -1.13. The first-order valence-corrected chi connectivity index (χ1v) is 11.8. The molecule has 0 aliphatic rings. The van der Waals surface area contributed by atoms with Gasteiger partial charge in [-0.1, -0.05) is 46.8 Å². The van der Waals surface area contributed by atoms with Crippen LogP contribution in [-0.2, 0) is 38.1 Å². The Balaban J connectivity index is -0.000000501. The van der Waals surface area contributed by atoms with Crippen molar-refractivity contribution in [1.82, 2.24) is 0 Å². The fourth-order valence-electron chi connectivity index (χ4n) is 2.36. The molecule has 8 heteroatoms. The van der Waals surface area contributed by atoms with Gasteiger partial charge in [-0.25, -0.2) is 4.79 Å². The number of carbonyl (C=O) groups is 4. The first kappa shape index (κ1) is 35.9. The largest absolute Gasteiger partial charge is 0.465 e. The molecular formula is C26H46O8. The van der Waals surface area contributed by atoms with Gasteiger partial charge in [0.15, 0.2) is 0 Å². The number of hydrogen-bond donors (Lipinski definition) is 0. The van der Waals surface area contributed by atoms with Crippen LogP contribution < -0.4 is 0 Å². The lowest BCUT2D eigenvalue weighted by atomic mass is 9.82. The van der Waals surface area contributed by atoms with E-state index in [1.807, 2.05) is 13.8 Å². The van der Waals surface area contributed by atoms with Gasteiger partial charge in [-0.2, -0.15) is 0 Å². The zero-order valence-electron chi connectivity index (χ0n) is 22.5. The van der Waals surface area contributed by atoms with Crippen molar-refractivity contribution in [2.75, 3.05) is 13.2 Å². The summed E-state index contributed by atoms with van der Waals surface area (Å²) in [5.41, 5.74) is -0.112. The van der Waals surface area contributed by atoms with Crippen LogP contribution in [-0.4, -0.2) is 43.2 Å². The lowest BCUT2D eigenvalue weighted by molar-refractivity contribution is -0.160. The quantitative estimate of drug-likeness (QED) is 0.108. The number of carbonyl (C=O) groups excluding carboxylic acids is 4. The first-order chi connectivity index (χ1) is 15.8. The molecule has 0 heterocycles. The van der Waals surface area contributed by atoms with E-state index in [0.29, 0.717) is 31.6 Å². The van der Waals surface area contributed by atoms with Crippen LogP contribution >= 0.6 is 0 Å². The number of hydrogen-bond acceptors (Lipinski definition) is 8. The normalized spacial score (nSPS) is 12.1. The minimum atomic E-state index is -0.581. The molecule has 198 valence electrons. The van der Waals surface area contributed by atoms with Gasteiger partial charge >= 0.3 is 23.9 Å². The predicted molar refractivity (Wildman–Crippen MR) is 133 cm³/mol. The number of ether oxygens (including phenoxy) is 4. The van der Waals surface area contributed by atoms with Crippen LogP contribution in [0, 0.1) is 5.41 Å². The molecule has 0 aliphatic heterocycles. The SMILES string of the molecule is C=C(C)C(=O)OCCCC.C=COC(C)=O.CCCCOC(=O)C(C)(CC)CC(C)OC(C)=O. The van der Waals surface area contributed by atoms with E-state index in [9.17, 15) is 19.2 Å². The minimum Gasteiger partial charge on any atom is -0.465 e. The average molecular weight is 487 g/mol. The first-order valence-electron chi connectivity index (χ1n) is 11.8. The zero-order chi connectivity index (χ0) is 27.2. The van der Waals surface area contributed by atoms with Crippen LogP contribution in [0.1, 0.15) is 93.9 Å². The van der Waals surface area contributed by atoms with Crippen LogP contribution in [0.4, 0.5) is 0 Å². The Hall–Kier alpha value is -2.64. The third-order valence-corrected chi connectivity index (χ3v) is 4.44. The molecule has 0 rings (SSSR count). The highest BCUT2D eigenvalue weighted by molar-refractivity contribution is 5.86. The zero-order valence-corrected chi connectivity index (χ0v) is 22.5. The second-order valence-electron chi connectivity index (χ2n) is 8.07. The van der Waals surface area contributed by atoms with Gasteiger partial charge in [-0.15, -0.1) is 0 Å². The lowest BCUT2D eigenvalue weighted by Crippen LogP contribution is -2.34. The highest BCUT2D eigenvalue weighted by Crippen LogP contribution is 2.30. The van der Waals surface area contributed by atoms with E-state index < -0.39 is 5.41 Å². The maximum atomic E-state index is 12.0. The summed E-state index contributed by atoms with van der Waals surface area (Å²) >= 11 is 0.